The van der Waals surface area contributed by atoms with E-state index in [4.69, 9.17) is 4.74 Å². The molecule has 1 aromatic heterocycles. The lowest BCUT2D eigenvalue weighted by Gasteiger charge is -2.37. The van der Waals surface area contributed by atoms with Crippen LogP contribution >= 0.6 is 0 Å². The Kier molecular flexibility index (Phi) is 5.65. The molecule has 1 aliphatic heterocycles. The molecule has 0 radical (unpaired) electrons. The number of nitrogens with one attached hydrogen (secondary N) is 2. The van der Waals surface area contributed by atoms with Gasteiger partial charge in [0.1, 0.15) is 5.69 Å². The molecule has 0 spiro atoms. The van der Waals surface area contributed by atoms with Crippen molar-refractivity contribution >= 4 is 11.7 Å². The molecule has 0 aromatic carbocycles. The number of aromatic nitrogens is 2. The van der Waals surface area contributed by atoms with Crippen LogP contribution in [0.4, 0.5) is 10.5 Å². The fraction of sp³-hybridized carbons (Fsp3) is 0.733. The summed E-state index contributed by atoms with van der Waals surface area (Å²) >= 11 is 0. The highest BCUT2D eigenvalue weighted by molar-refractivity contribution is 5.90. The van der Waals surface area contributed by atoms with Gasteiger partial charge < -0.3 is 20.3 Å². The van der Waals surface area contributed by atoms with Gasteiger partial charge in [-0.2, -0.15) is 0 Å². The van der Waals surface area contributed by atoms with Crippen LogP contribution < -0.4 is 15.4 Å². The largest absolute Gasteiger partial charge is 0.475 e. The number of aryl methyl sites for hydroxylation is 1. The highest BCUT2D eigenvalue weighted by atomic mass is 16.5. The third-order valence-corrected chi connectivity index (χ3v) is 4.08. The normalized spacial score (nSPS) is 22.4. The zero-order chi connectivity index (χ0) is 16.1. The van der Waals surface area contributed by atoms with Gasteiger partial charge in [-0.25, -0.2) is 4.79 Å². The topological polar surface area (TPSA) is 71.4 Å². The fourth-order valence-electron chi connectivity index (χ4n) is 2.96. The van der Waals surface area contributed by atoms with Crippen molar-refractivity contribution in [3.63, 3.8) is 0 Å². The van der Waals surface area contributed by atoms with Crippen molar-refractivity contribution < 1.29 is 9.53 Å². The maximum atomic E-state index is 12.2. The molecule has 1 aliphatic rings. The van der Waals surface area contributed by atoms with E-state index in [9.17, 15) is 4.79 Å². The number of hydrogen-bond acceptors (Lipinski definition) is 4. The zero-order valence-electron chi connectivity index (χ0n) is 13.9. The number of hydrogen-bond donors (Lipinski definition) is 2. The van der Waals surface area contributed by atoms with Crippen LogP contribution in [-0.4, -0.2) is 52.5 Å². The molecule has 2 amide bonds. The van der Waals surface area contributed by atoms with Gasteiger partial charge in [0, 0.05) is 25.7 Å². The average Bonchev–Trinajstić information content (AvgIpc) is 2.79. The van der Waals surface area contributed by atoms with Gasteiger partial charge in [-0.1, -0.05) is 6.92 Å². The van der Waals surface area contributed by atoms with Crippen LogP contribution in [0, 0.1) is 0 Å². The predicted octanol–water partition coefficient (Wildman–Crippen LogP) is 1.81. The van der Waals surface area contributed by atoms with Gasteiger partial charge in [-0.05, 0) is 33.2 Å². The van der Waals surface area contributed by atoms with E-state index in [-0.39, 0.29) is 12.1 Å². The van der Waals surface area contributed by atoms with Gasteiger partial charge in [0.05, 0.1) is 12.8 Å². The summed E-state index contributed by atoms with van der Waals surface area (Å²) in [4.78, 5) is 14.6. The fourth-order valence-corrected chi connectivity index (χ4v) is 2.96. The number of nitrogens with zero attached hydrogens (tertiary/aromatic N) is 3. The summed E-state index contributed by atoms with van der Waals surface area (Å²) in [5.74, 6) is 0.453. The third-order valence-electron chi connectivity index (χ3n) is 4.08. The summed E-state index contributed by atoms with van der Waals surface area (Å²) in [5, 5.41) is 10.1. The summed E-state index contributed by atoms with van der Waals surface area (Å²) in [6, 6.07) is 0.516. The number of urea groups is 1. The standard InChI is InChI=1S/C15H27N5O2/c1-5-20-8-7-12(9-11(20)3)16-15(21)17-13-10-19(4)18-14(13)22-6-2/h10-12H,5-9H2,1-4H3,(H2,16,17,21). The van der Waals surface area contributed by atoms with Crippen molar-refractivity contribution in [3.05, 3.63) is 6.20 Å². The number of piperidine rings is 1. The second-order valence-electron chi connectivity index (χ2n) is 5.75. The van der Waals surface area contributed by atoms with Crippen molar-refractivity contribution in [2.75, 3.05) is 25.0 Å². The van der Waals surface area contributed by atoms with E-state index < -0.39 is 0 Å². The minimum absolute atomic E-state index is 0.198. The van der Waals surface area contributed by atoms with Gasteiger partial charge in [-0.15, -0.1) is 5.10 Å². The van der Waals surface area contributed by atoms with Crippen LogP contribution in [0.1, 0.15) is 33.6 Å². The quantitative estimate of drug-likeness (QED) is 0.870. The number of likely N-dealkylation sites (tertiary alicyclic amines) is 1. The molecule has 7 heteroatoms. The lowest BCUT2D eigenvalue weighted by molar-refractivity contribution is 0.145. The van der Waals surface area contributed by atoms with E-state index in [1.165, 1.54) is 0 Å². The zero-order valence-corrected chi connectivity index (χ0v) is 13.9. The lowest BCUT2D eigenvalue weighted by atomic mass is 9.98. The molecule has 124 valence electrons. The minimum Gasteiger partial charge on any atom is -0.475 e. The minimum atomic E-state index is -0.198. The Morgan fingerprint density at radius 1 is 1.50 bits per heavy atom. The molecule has 2 unspecified atom stereocenters. The molecule has 2 heterocycles. The first kappa shape index (κ1) is 16.6. The number of ether oxygens (including phenoxy) is 1. The van der Waals surface area contributed by atoms with E-state index in [0.29, 0.717) is 24.2 Å². The first-order valence-corrected chi connectivity index (χ1v) is 8.01. The van der Waals surface area contributed by atoms with Gasteiger partial charge in [0.15, 0.2) is 0 Å². The number of amides is 2. The third kappa shape index (κ3) is 4.13. The van der Waals surface area contributed by atoms with Crippen molar-refractivity contribution in [1.29, 1.82) is 0 Å². The van der Waals surface area contributed by atoms with Crippen molar-refractivity contribution in [1.82, 2.24) is 20.0 Å². The van der Waals surface area contributed by atoms with Gasteiger partial charge in [0.25, 0.3) is 5.88 Å². The first-order chi connectivity index (χ1) is 10.5. The van der Waals surface area contributed by atoms with Crippen LogP contribution in [0.3, 0.4) is 0 Å². The summed E-state index contributed by atoms with van der Waals surface area (Å²) in [6.07, 6.45) is 3.70. The molecule has 1 aromatic rings. The Morgan fingerprint density at radius 3 is 2.91 bits per heavy atom. The number of rotatable bonds is 5. The summed E-state index contributed by atoms with van der Waals surface area (Å²) in [6.45, 7) is 8.88. The summed E-state index contributed by atoms with van der Waals surface area (Å²) in [5.41, 5.74) is 0.598. The highest BCUT2D eigenvalue weighted by Gasteiger charge is 2.25. The number of carbonyl (C=O) groups excluding carboxylic acids is 1. The molecule has 2 N–H and O–H groups in total. The van der Waals surface area contributed by atoms with Gasteiger partial charge in [-0.3, -0.25) is 4.68 Å². The number of anilines is 1. The first-order valence-electron chi connectivity index (χ1n) is 8.01. The predicted molar refractivity (Wildman–Crippen MR) is 86.3 cm³/mol. The van der Waals surface area contributed by atoms with Crippen LogP contribution in [0.25, 0.3) is 0 Å². The molecular formula is C15H27N5O2. The monoisotopic (exact) mass is 309 g/mol. The Morgan fingerprint density at radius 2 is 2.27 bits per heavy atom. The Hall–Kier alpha value is -1.76. The summed E-state index contributed by atoms with van der Waals surface area (Å²) in [7, 11) is 1.80. The lowest BCUT2D eigenvalue weighted by Crippen LogP contribution is -2.49. The number of carbonyl (C=O) groups is 1. The van der Waals surface area contributed by atoms with E-state index in [2.05, 4.69) is 34.5 Å². The molecular weight excluding hydrogens is 282 g/mol. The van der Waals surface area contributed by atoms with Crippen molar-refractivity contribution in [2.24, 2.45) is 7.05 Å². The molecule has 0 aliphatic carbocycles. The Labute approximate surface area is 132 Å². The van der Waals surface area contributed by atoms with Crippen LogP contribution in [0.2, 0.25) is 0 Å². The molecule has 0 saturated carbocycles. The van der Waals surface area contributed by atoms with E-state index >= 15 is 0 Å². The smallest absolute Gasteiger partial charge is 0.319 e. The van der Waals surface area contributed by atoms with Crippen LogP contribution in [0.15, 0.2) is 6.20 Å². The molecule has 7 nitrogen and oxygen atoms in total. The second-order valence-corrected chi connectivity index (χ2v) is 5.75. The van der Waals surface area contributed by atoms with Gasteiger partial charge in [0.2, 0.25) is 0 Å². The molecule has 1 saturated heterocycles. The molecule has 22 heavy (non-hydrogen) atoms. The van der Waals surface area contributed by atoms with E-state index in [0.717, 1.165) is 25.9 Å². The van der Waals surface area contributed by atoms with Crippen LogP contribution in [0.5, 0.6) is 5.88 Å². The maximum absolute atomic E-state index is 12.2. The van der Waals surface area contributed by atoms with E-state index in [1.807, 2.05) is 6.92 Å². The SMILES string of the molecule is CCOc1nn(C)cc1NC(=O)NC1CCN(CC)C(C)C1. The van der Waals surface area contributed by atoms with Crippen molar-refractivity contribution in [3.8, 4) is 5.88 Å². The summed E-state index contributed by atoms with van der Waals surface area (Å²) < 4.78 is 7.04. The van der Waals surface area contributed by atoms with Crippen molar-refractivity contribution in [2.45, 2.75) is 45.7 Å². The maximum Gasteiger partial charge on any atom is 0.319 e. The second kappa shape index (κ2) is 7.49. The molecule has 2 atom stereocenters. The Bertz CT molecular complexity index is 502. The molecule has 1 fully saturated rings. The van der Waals surface area contributed by atoms with E-state index in [1.54, 1.807) is 17.9 Å². The van der Waals surface area contributed by atoms with Crippen LogP contribution in [-0.2, 0) is 7.05 Å². The Balaban J connectivity index is 1.88. The average molecular weight is 309 g/mol. The highest BCUT2D eigenvalue weighted by Crippen LogP contribution is 2.22. The van der Waals surface area contributed by atoms with Gasteiger partial charge >= 0.3 is 6.03 Å². The molecule has 0 bridgehead atoms. The molecule has 2 rings (SSSR count).